The average Bonchev–Trinajstić information content (AvgIpc) is 3.08. The second kappa shape index (κ2) is 8.73. The molecule has 2 aromatic carbocycles. The van der Waals surface area contributed by atoms with Crippen molar-refractivity contribution in [1.29, 1.82) is 0 Å². The van der Waals surface area contributed by atoms with Gasteiger partial charge in [0, 0.05) is 31.4 Å². The molecular formula is C22H26N4O4. The van der Waals surface area contributed by atoms with Crippen LogP contribution < -0.4 is 14.8 Å². The Balaban J connectivity index is 1.52. The molecule has 30 heavy (non-hydrogen) atoms. The molecule has 1 saturated heterocycles. The van der Waals surface area contributed by atoms with Crippen LogP contribution in [-0.4, -0.2) is 60.9 Å². The minimum absolute atomic E-state index is 0.222. The van der Waals surface area contributed by atoms with Gasteiger partial charge in [-0.2, -0.15) is 0 Å². The summed E-state index contributed by atoms with van der Waals surface area (Å²) in [5.74, 6) is 1.87. The van der Waals surface area contributed by atoms with Gasteiger partial charge >= 0.3 is 0 Å². The van der Waals surface area contributed by atoms with E-state index < -0.39 is 0 Å². The first-order valence-corrected chi connectivity index (χ1v) is 9.88. The fraction of sp³-hybridized carbons (Fsp3) is 0.364. The minimum Gasteiger partial charge on any atom is -0.493 e. The monoisotopic (exact) mass is 410 g/mol. The fourth-order valence-corrected chi connectivity index (χ4v) is 3.61. The lowest BCUT2D eigenvalue weighted by atomic mass is 10.1. The van der Waals surface area contributed by atoms with Crippen molar-refractivity contribution in [1.82, 2.24) is 14.5 Å². The van der Waals surface area contributed by atoms with Crippen LogP contribution in [0, 0.1) is 0 Å². The molecule has 0 radical (unpaired) electrons. The standard InChI is InChI=1S/C22H26N4O4/c1-25-18-6-5-16(13-17(18)24-21(25)14-26-8-10-30-11-9-26)23-22(27)15-4-7-19(28-2)20(12-15)29-3/h4-7,12-13H,8-11,14H2,1-3H3,(H,23,27). The van der Waals surface area contributed by atoms with Gasteiger partial charge in [0.25, 0.3) is 5.91 Å². The second-order valence-electron chi connectivity index (χ2n) is 7.20. The van der Waals surface area contributed by atoms with Gasteiger partial charge in [-0.05, 0) is 36.4 Å². The number of morpholine rings is 1. The Morgan fingerprint density at radius 1 is 1.10 bits per heavy atom. The maximum Gasteiger partial charge on any atom is 0.255 e. The number of methoxy groups -OCH3 is 2. The number of aryl methyl sites for hydroxylation is 1. The third kappa shape index (κ3) is 4.10. The van der Waals surface area contributed by atoms with Crippen LogP contribution in [0.15, 0.2) is 36.4 Å². The maximum atomic E-state index is 12.7. The molecule has 0 unspecified atom stereocenters. The number of benzene rings is 2. The summed E-state index contributed by atoms with van der Waals surface area (Å²) in [6, 6.07) is 10.9. The van der Waals surface area contributed by atoms with Crippen LogP contribution in [0.3, 0.4) is 0 Å². The zero-order valence-electron chi connectivity index (χ0n) is 17.5. The molecule has 0 atom stereocenters. The van der Waals surface area contributed by atoms with E-state index in [9.17, 15) is 4.79 Å². The summed E-state index contributed by atoms with van der Waals surface area (Å²) in [5.41, 5.74) is 3.06. The number of anilines is 1. The van der Waals surface area contributed by atoms with Crippen molar-refractivity contribution >= 4 is 22.6 Å². The molecule has 3 aromatic rings. The van der Waals surface area contributed by atoms with Gasteiger partial charge in [0.2, 0.25) is 0 Å². The van der Waals surface area contributed by atoms with Gasteiger partial charge in [0.1, 0.15) is 5.82 Å². The van der Waals surface area contributed by atoms with Gasteiger partial charge in [0.05, 0.1) is 45.0 Å². The lowest BCUT2D eigenvalue weighted by Gasteiger charge is -2.26. The number of amides is 1. The predicted molar refractivity (Wildman–Crippen MR) is 114 cm³/mol. The van der Waals surface area contributed by atoms with E-state index in [1.54, 1.807) is 32.4 Å². The number of carbonyl (C=O) groups excluding carboxylic acids is 1. The van der Waals surface area contributed by atoms with Crippen molar-refractivity contribution < 1.29 is 19.0 Å². The van der Waals surface area contributed by atoms with E-state index in [1.165, 1.54) is 0 Å². The summed E-state index contributed by atoms with van der Waals surface area (Å²) in [5, 5.41) is 2.94. The van der Waals surface area contributed by atoms with Crippen LogP contribution in [0.1, 0.15) is 16.2 Å². The number of fused-ring (bicyclic) bond motifs is 1. The van der Waals surface area contributed by atoms with Crippen LogP contribution >= 0.6 is 0 Å². The summed E-state index contributed by atoms with van der Waals surface area (Å²) < 4.78 is 18.0. The lowest BCUT2D eigenvalue weighted by molar-refractivity contribution is 0.0328. The van der Waals surface area contributed by atoms with E-state index in [0.717, 1.165) is 49.7 Å². The van der Waals surface area contributed by atoms with Gasteiger partial charge in [-0.1, -0.05) is 0 Å². The normalized spacial score (nSPS) is 14.6. The predicted octanol–water partition coefficient (Wildman–Crippen LogP) is 2.68. The van der Waals surface area contributed by atoms with Crippen LogP contribution in [-0.2, 0) is 18.3 Å². The second-order valence-corrected chi connectivity index (χ2v) is 7.20. The molecule has 0 aliphatic carbocycles. The molecule has 0 spiro atoms. The van der Waals surface area contributed by atoms with E-state index in [2.05, 4.69) is 14.8 Å². The minimum atomic E-state index is -0.222. The number of imidazole rings is 1. The smallest absolute Gasteiger partial charge is 0.255 e. The molecule has 2 heterocycles. The molecule has 158 valence electrons. The molecule has 1 aliphatic rings. The van der Waals surface area contributed by atoms with Crippen molar-refractivity contribution in [2.24, 2.45) is 7.05 Å². The quantitative estimate of drug-likeness (QED) is 0.673. The zero-order valence-corrected chi connectivity index (χ0v) is 17.5. The molecule has 1 fully saturated rings. The highest BCUT2D eigenvalue weighted by Gasteiger charge is 2.16. The van der Waals surface area contributed by atoms with E-state index >= 15 is 0 Å². The Morgan fingerprint density at radius 3 is 2.60 bits per heavy atom. The Labute approximate surface area is 175 Å². The molecule has 1 amide bonds. The van der Waals surface area contributed by atoms with Crippen molar-refractivity contribution in [2.45, 2.75) is 6.54 Å². The number of hydrogen-bond donors (Lipinski definition) is 1. The average molecular weight is 410 g/mol. The highest BCUT2D eigenvalue weighted by molar-refractivity contribution is 6.05. The molecule has 8 heteroatoms. The van der Waals surface area contributed by atoms with Crippen molar-refractivity contribution in [3.63, 3.8) is 0 Å². The van der Waals surface area contributed by atoms with Gasteiger partial charge in [-0.3, -0.25) is 9.69 Å². The third-order valence-electron chi connectivity index (χ3n) is 5.35. The van der Waals surface area contributed by atoms with Gasteiger partial charge in [-0.25, -0.2) is 4.98 Å². The Kier molecular flexibility index (Phi) is 5.87. The first-order chi connectivity index (χ1) is 14.6. The zero-order chi connectivity index (χ0) is 21.1. The van der Waals surface area contributed by atoms with E-state index in [4.69, 9.17) is 19.2 Å². The number of nitrogens with one attached hydrogen (secondary N) is 1. The summed E-state index contributed by atoms with van der Waals surface area (Å²) in [4.78, 5) is 19.8. The molecule has 1 N–H and O–H groups in total. The van der Waals surface area contributed by atoms with E-state index in [1.807, 2.05) is 25.2 Å². The third-order valence-corrected chi connectivity index (χ3v) is 5.35. The van der Waals surface area contributed by atoms with Crippen LogP contribution in [0.5, 0.6) is 11.5 Å². The Bertz CT molecular complexity index is 1060. The van der Waals surface area contributed by atoms with Crippen molar-refractivity contribution in [3.8, 4) is 11.5 Å². The number of carbonyl (C=O) groups is 1. The molecule has 1 aliphatic heterocycles. The molecule has 4 rings (SSSR count). The van der Waals surface area contributed by atoms with Gasteiger partial charge < -0.3 is 24.1 Å². The van der Waals surface area contributed by atoms with E-state index in [-0.39, 0.29) is 5.91 Å². The lowest BCUT2D eigenvalue weighted by Crippen LogP contribution is -2.36. The van der Waals surface area contributed by atoms with Crippen molar-refractivity contribution in [2.75, 3.05) is 45.8 Å². The maximum absolute atomic E-state index is 12.7. The number of rotatable bonds is 6. The Morgan fingerprint density at radius 2 is 1.87 bits per heavy atom. The number of aromatic nitrogens is 2. The number of ether oxygens (including phenoxy) is 3. The van der Waals surface area contributed by atoms with Crippen molar-refractivity contribution in [3.05, 3.63) is 47.8 Å². The SMILES string of the molecule is COc1ccc(C(=O)Nc2ccc3c(c2)nc(CN2CCOCC2)n3C)cc1OC. The van der Waals surface area contributed by atoms with Gasteiger partial charge in [-0.15, -0.1) is 0 Å². The summed E-state index contributed by atoms with van der Waals surface area (Å²) in [6.45, 7) is 4.13. The highest BCUT2D eigenvalue weighted by atomic mass is 16.5. The number of hydrogen-bond acceptors (Lipinski definition) is 6. The fourth-order valence-electron chi connectivity index (χ4n) is 3.61. The van der Waals surface area contributed by atoms with Gasteiger partial charge in [0.15, 0.2) is 11.5 Å². The Hall–Kier alpha value is -3.10. The molecule has 8 nitrogen and oxygen atoms in total. The van der Waals surface area contributed by atoms with Crippen LogP contribution in [0.4, 0.5) is 5.69 Å². The molecule has 0 bridgehead atoms. The highest BCUT2D eigenvalue weighted by Crippen LogP contribution is 2.28. The van der Waals surface area contributed by atoms with Crippen LogP contribution in [0.2, 0.25) is 0 Å². The first-order valence-electron chi connectivity index (χ1n) is 9.88. The largest absolute Gasteiger partial charge is 0.493 e. The summed E-state index contributed by atoms with van der Waals surface area (Å²) >= 11 is 0. The van der Waals surface area contributed by atoms with Crippen LogP contribution in [0.25, 0.3) is 11.0 Å². The van der Waals surface area contributed by atoms with E-state index in [0.29, 0.717) is 22.7 Å². The summed E-state index contributed by atoms with van der Waals surface area (Å²) in [7, 11) is 5.13. The first kappa shape index (κ1) is 20.2. The number of nitrogens with zero attached hydrogens (tertiary/aromatic N) is 3. The molecule has 0 saturated carbocycles. The topological polar surface area (TPSA) is 77.9 Å². The molecule has 1 aromatic heterocycles. The summed E-state index contributed by atoms with van der Waals surface area (Å²) in [6.07, 6.45) is 0. The molecular weight excluding hydrogens is 384 g/mol.